The van der Waals surface area contributed by atoms with Crippen LogP contribution in [0.2, 0.25) is 0 Å². The fraction of sp³-hybridized carbons (Fsp3) is 0.227. The van der Waals surface area contributed by atoms with E-state index < -0.39 is 6.04 Å². The lowest BCUT2D eigenvalue weighted by atomic mass is 10.1. The van der Waals surface area contributed by atoms with Crippen molar-refractivity contribution in [1.82, 2.24) is 9.13 Å². The number of aryl methyl sites for hydroxylation is 1. The van der Waals surface area contributed by atoms with Crippen molar-refractivity contribution in [2.24, 2.45) is 0 Å². The van der Waals surface area contributed by atoms with Gasteiger partial charge in [-0.1, -0.05) is 24.3 Å². The number of Topliss-reactive ketones (excluding diaryl/α,β-unsaturated/α-hetero) is 1. The van der Waals surface area contributed by atoms with Gasteiger partial charge in [-0.25, -0.2) is 4.85 Å². The van der Waals surface area contributed by atoms with Crippen LogP contribution in [0.3, 0.4) is 0 Å². The topological polar surface area (TPSA) is 48.4 Å². The number of hydrogen-bond donors (Lipinski definition) is 0. The number of carbonyl (C=O) groups excluding carboxylic acids is 1. The number of benzene rings is 1. The molecule has 0 spiro atoms. The van der Waals surface area contributed by atoms with Crippen molar-refractivity contribution in [2.45, 2.75) is 33.4 Å². The van der Waals surface area contributed by atoms with Crippen molar-refractivity contribution in [2.75, 3.05) is 0 Å². The van der Waals surface area contributed by atoms with Crippen LogP contribution >= 0.6 is 15.9 Å². The molecule has 0 saturated heterocycles. The zero-order chi connectivity index (χ0) is 20.4. The van der Waals surface area contributed by atoms with Crippen molar-refractivity contribution in [3.8, 4) is 0 Å². The predicted octanol–water partition coefficient (Wildman–Crippen LogP) is 5.07. The highest BCUT2D eigenvalue weighted by Crippen LogP contribution is 2.23. The highest BCUT2D eigenvalue weighted by atomic mass is 79.9. The Hall–Kier alpha value is -2.91. The van der Waals surface area contributed by atoms with Gasteiger partial charge >= 0.3 is 0 Å². The zero-order valence-corrected chi connectivity index (χ0v) is 17.5. The summed E-state index contributed by atoms with van der Waals surface area (Å²) < 4.78 is 4.28. The van der Waals surface area contributed by atoms with Crippen LogP contribution in [-0.4, -0.2) is 14.9 Å². The van der Waals surface area contributed by atoms with E-state index in [-0.39, 0.29) is 11.3 Å². The van der Waals surface area contributed by atoms with E-state index in [2.05, 4.69) is 25.3 Å². The van der Waals surface area contributed by atoms with Gasteiger partial charge in [-0.15, -0.1) is 0 Å². The Morgan fingerprint density at radius 1 is 1.18 bits per heavy atom. The van der Waals surface area contributed by atoms with Gasteiger partial charge in [-0.05, 0) is 54.4 Å². The van der Waals surface area contributed by atoms with Crippen molar-refractivity contribution < 1.29 is 4.79 Å². The molecular weight excluding hydrogens is 418 g/mol. The number of carbonyl (C=O) groups is 1. The first-order valence-electron chi connectivity index (χ1n) is 8.87. The molecule has 5 nitrogen and oxygen atoms in total. The quantitative estimate of drug-likeness (QED) is 0.413. The summed E-state index contributed by atoms with van der Waals surface area (Å²) in [6.45, 7) is 13.3. The second-order valence-corrected chi connectivity index (χ2v) is 7.70. The average molecular weight is 438 g/mol. The molecule has 1 atom stereocenters. The van der Waals surface area contributed by atoms with Crippen LogP contribution < -0.4 is 5.56 Å². The molecule has 0 radical (unpaired) electrons. The van der Waals surface area contributed by atoms with E-state index in [1.165, 1.54) is 10.6 Å². The van der Waals surface area contributed by atoms with Crippen LogP contribution in [0.25, 0.3) is 4.85 Å². The Labute approximate surface area is 172 Å². The number of rotatable bonds is 5. The summed E-state index contributed by atoms with van der Waals surface area (Å²) in [6, 6.07) is 11.8. The lowest BCUT2D eigenvalue weighted by Crippen LogP contribution is -2.27. The van der Waals surface area contributed by atoms with Gasteiger partial charge in [-0.3, -0.25) is 9.59 Å². The van der Waals surface area contributed by atoms with Crippen LogP contribution in [-0.2, 0) is 6.54 Å². The van der Waals surface area contributed by atoms with Crippen molar-refractivity contribution in [3.63, 3.8) is 0 Å². The Kier molecular flexibility index (Phi) is 5.66. The first-order valence-corrected chi connectivity index (χ1v) is 9.66. The molecule has 3 aromatic rings. The molecule has 0 bridgehead atoms. The summed E-state index contributed by atoms with van der Waals surface area (Å²) in [7, 11) is 0. The maximum atomic E-state index is 13.1. The number of nitrogens with zero attached hydrogens (tertiary/aromatic N) is 3. The van der Waals surface area contributed by atoms with E-state index in [4.69, 9.17) is 6.57 Å². The van der Waals surface area contributed by atoms with E-state index in [0.717, 1.165) is 21.4 Å². The minimum Gasteiger partial charge on any atom is -0.344 e. The predicted molar refractivity (Wildman–Crippen MR) is 113 cm³/mol. The summed E-state index contributed by atoms with van der Waals surface area (Å²) in [4.78, 5) is 28.7. The second-order valence-electron chi connectivity index (χ2n) is 6.78. The van der Waals surface area contributed by atoms with Gasteiger partial charge in [0.2, 0.25) is 0 Å². The minimum absolute atomic E-state index is 0.0945. The molecule has 0 aliphatic heterocycles. The molecule has 6 heteroatoms. The summed E-state index contributed by atoms with van der Waals surface area (Å²) in [5, 5.41) is 0. The fourth-order valence-electron chi connectivity index (χ4n) is 3.28. The maximum absolute atomic E-state index is 13.1. The standard InChI is InChI=1S/C22H20BrN3O2/c1-14-11-20(22(28)16(3)26-13-18(23)7-10-21(26)27)15(2)25(14)12-17-5-8-19(24-4)9-6-17/h5-11,13,16H,12H2,1-3H3. The molecule has 2 heterocycles. The molecule has 3 rings (SSSR count). The number of halogens is 1. The number of aromatic nitrogens is 2. The molecule has 0 aliphatic carbocycles. The number of hydrogen-bond acceptors (Lipinski definition) is 2. The van der Waals surface area contributed by atoms with E-state index in [0.29, 0.717) is 17.8 Å². The van der Waals surface area contributed by atoms with Gasteiger partial charge in [0.1, 0.15) is 0 Å². The summed E-state index contributed by atoms with van der Waals surface area (Å²) in [5.41, 5.74) is 3.92. The third-order valence-corrected chi connectivity index (χ3v) is 5.41. The van der Waals surface area contributed by atoms with Crippen LogP contribution in [0.1, 0.15) is 40.3 Å². The summed E-state index contributed by atoms with van der Waals surface area (Å²) in [5.74, 6) is -0.0945. The molecule has 1 aromatic carbocycles. The third-order valence-electron chi connectivity index (χ3n) is 4.94. The van der Waals surface area contributed by atoms with Gasteiger partial charge in [-0.2, -0.15) is 0 Å². The SMILES string of the molecule is [C-]#[N+]c1ccc(Cn2c(C)cc(C(=O)C(C)n3cc(Br)ccc3=O)c2C)cc1. The van der Waals surface area contributed by atoms with E-state index >= 15 is 0 Å². The van der Waals surface area contributed by atoms with Crippen molar-refractivity contribution in [3.05, 3.63) is 97.4 Å². The summed E-state index contributed by atoms with van der Waals surface area (Å²) >= 11 is 3.35. The normalized spacial score (nSPS) is 11.8. The summed E-state index contributed by atoms with van der Waals surface area (Å²) in [6.07, 6.45) is 1.64. The van der Waals surface area contributed by atoms with E-state index in [1.54, 1.807) is 31.3 Å². The molecule has 0 amide bonds. The molecule has 2 aromatic heterocycles. The maximum Gasteiger partial charge on any atom is 0.251 e. The van der Waals surface area contributed by atoms with Gasteiger partial charge in [0.05, 0.1) is 12.6 Å². The largest absolute Gasteiger partial charge is 0.344 e. The van der Waals surface area contributed by atoms with Crippen molar-refractivity contribution in [1.29, 1.82) is 0 Å². The third kappa shape index (κ3) is 3.85. The highest BCUT2D eigenvalue weighted by Gasteiger charge is 2.23. The first kappa shape index (κ1) is 19.8. The molecular formula is C22H20BrN3O2. The Morgan fingerprint density at radius 2 is 1.86 bits per heavy atom. The molecule has 0 fully saturated rings. The zero-order valence-electron chi connectivity index (χ0n) is 15.9. The van der Waals surface area contributed by atoms with E-state index in [1.807, 2.05) is 32.0 Å². The molecule has 0 N–H and O–H groups in total. The fourth-order valence-corrected chi connectivity index (χ4v) is 3.64. The van der Waals surface area contributed by atoms with Crippen LogP contribution in [0, 0.1) is 20.4 Å². The van der Waals surface area contributed by atoms with Crippen LogP contribution in [0.15, 0.2) is 57.9 Å². The highest BCUT2D eigenvalue weighted by molar-refractivity contribution is 9.10. The molecule has 0 aliphatic rings. The first-order chi connectivity index (χ1) is 13.3. The Balaban J connectivity index is 1.92. The van der Waals surface area contributed by atoms with Crippen LogP contribution in [0.5, 0.6) is 0 Å². The lowest BCUT2D eigenvalue weighted by Gasteiger charge is -2.15. The van der Waals surface area contributed by atoms with Gasteiger partial charge in [0.25, 0.3) is 5.56 Å². The minimum atomic E-state index is -0.600. The van der Waals surface area contributed by atoms with Gasteiger partial charge in [0.15, 0.2) is 11.5 Å². The number of ketones is 1. The Bertz CT molecular complexity index is 1130. The Morgan fingerprint density at radius 3 is 2.50 bits per heavy atom. The number of pyridine rings is 1. The second kappa shape index (κ2) is 7.99. The lowest BCUT2D eigenvalue weighted by molar-refractivity contribution is 0.0932. The molecule has 28 heavy (non-hydrogen) atoms. The average Bonchev–Trinajstić information content (AvgIpc) is 2.97. The molecule has 1 unspecified atom stereocenters. The van der Waals surface area contributed by atoms with E-state index in [9.17, 15) is 9.59 Å². The smallest absolute Gasteiger partial charge is 0.251 e. The van der Waals surface area contributed by atoms with Crippen molar-refractivity contribution >= 4 is 27.4 Å². The van der Waals surface area contributed by atoms with Crippen LogP contribution in [0.4, 0.5) is 5.69 Å². The van der Waals surface area contributed by atoms with Gasteiger partial charge < -0.3 is 9.13 Å². The monoisotopic (exact) mass is 437 g/mol. The van der Waals surface area contributed by atoms with Gasteiger partial charge in [0, 0.05) is 40.2 Å². The molecule has 0 saturated carbocycles. The molecule has 142 valence electrons.